The molecule has 1 heterocycles. The molecule has 0 N–H and O–H groups in total. The summed E-state index contributed by atoms with van der Waals surface area (Å²) in [5, 5.41) is 8.64. The summed E-state index contributed by atoms with van der Waals surface area (Å²) in [6.45, 7) is 0. The largest absolute Gasteiger partial charge is 0.256 e. The highest BCUT2D eigenvalue weighted by Crippen LogP contribution is 2.45. The summed E-state index contributed by atoms with van der Waals surface area (Å²) in [5.41, 5.74) is 8.40. The third-order valence-corrected chi connectivity index (χ3v) is 8.10. The lowest BCUT2D eigenvalue weighted by atomic mass is 9.85. The first-order chi connectivity index (χ1) is 19.9. The molecule has 7 aromatic carbocycles. The van der Waals surface area contributed by atoms with Gasteiger partial charge in [-0.15, -0.1) is 0 Å². The molecule has 186 valence electrons. The molecule has 0 saturated heterocycles. The molecule has 1 nitrogen and oxygen atoms in total. The predicted octanol–water partition coefficient (Wildman–Crippen LogP) is 10.7. The predicted molar refractivity (Wildman–Crippen MR) is 171 cm³/mol. The van der Waals surface area contributed by atoms with E-state index in [1.807, 2.05) is 0 Å². The Hall–Kier alpha value is -5.27. The van der Waals surface area contributed by atoms with Crippen LogP contribution in [0.5, 0.6) is 0 Å². The Morgan fingerprint density at radius 2 is 0.925 bits per heavy atom. The Labute approximate surface area is 233 Å². The summed E-state index contributed by atoms with van der Waals surface area (Å²) in [6.07, 6.45) is 2.07. The maximum atomic E-state index is 4.94. The number of hydrogen-bond donors (Lipinski definition) is 0. The highest BCUT2D eigenvalue weighted by atomic mass is 14.6. The zero-order valence-corrected chi connectivity index (χ0v) is 21.9. The number of para-hydroxylation sites is 1. The van der Waals surface area contributed by atoms with Gasteiger partial charge in [0.05, 0.1) is 5.52 Å². The van der Waals surface area contributed by atoms with Crippen molar-refractivity contribution >= 4 is 43.2 Å². The number of aromatic nitrogens is 1. The number of rotatable bonds is 3. The molecular weight excluding hydrogens is 482 g/mol. The molecule has 0 aliphatic heterocycles. The molecule has 1 aromatic heterocycles. The molecule has 0 saturated carbocycles. The van der Waals surface area contributed by atoms with Crippen LogP contribution in [-0.2, 0) is 0 Å². The molecule has 0 fully saturated rings. The van der Waals surface area contributed by atoms with E-state index in [-0.39, 0.29) is 0 Å². The van der Waals surface area contributed by atoms with Crippen molar-refractivity contribution in [3.8, 4) is 33.4 Å². The molecular formula is C39H25N. The van der Waals surface area contributed by atoms with Gasteiger partial charge in [-0.1, -0.05) is 140 Å². The summed E-state index contributed by atoms with van der Waals surface area (Å²) in [6, 6.07) is 52.3. The first kappa shape index (κ1) is 22.7. The van der Waals surface area contributed by atoms with E-state index in [9.17, 15) is 0 Å². The van der Waals surface area contributed by atoms with Crippen molar-refractivity contribution in [2.45, 2.75) is 0 Å². The van der Waals surface area contributed by atoms with Crippen LogP contribution < -0.4 is 0 Å². The van der Waals surface area contributed by atoms with E-state index < -0.39 is 0 Å². The first-order valence-corrected chi connectivity index (χ1v) is 13.7. The number of fused-ring (bicyclic) bond motifs is 5. The van der Waals surface area contributed by atoms with Crippen LogP contribution in [0.4, 0.5) is 0 Å². The van der Waals surface area contributed by atoms with Gasteiger partial charge in [0.1, 0.15) is 0 Å². The number of nitrogens with zero attached hydrogens (tertiary/aromatic N) is 1. The third kappa shape index (κ3) is 3.52. The SMILES string of the molecule is c1ccc(-c2c3ccccc3c(-c3ccc(-c4cccc5ccccc45)cc3)c3cnc4ccccc4c23)cc1. The smallest absolute Gasteiger partial charge is 0.0708 e. The molecule has 8 aromatic rings. The Bertz CT molecular complexity index is 2190. The maximum absolute atomic E-state index is 4.94. The highest BCUT2D eigenvalue weighted by molar-refractivity contribution is 6.27. The summed E-state index contributed by atoms with van der Waals surface area (Å²) in [5.74, 6) is 0. The van der Waals surface area contributed by atoms with Crippen LogP contribution in [0, 0.1) is 0 Å². The van der Waals surface area contributed by atoms with Crippen LogP contribution in [-0.4, -0.2) is 4.98 Å². The minimum absolute atomic E-state index is 1.01. The monoisotopic (exact) mass is 507 g/mol. The second-order valence-electron chi connectivity index (χ2n) is 10.3. The average molecular weight is 508 g/mol. The molecule has 1 heteroatoms. The Balaban J connectivity index is 1.44. The zero-order chi connectivity index (χ0) is 26.5. The van der Waals surface area contributed by atoms with E-state index >= 15 is 0 Å². The quantitative estimate of drug-likeness (QED) is 0.171. The molecule has 0 radical (unpaired) electrons. The van der Waals surface area contributed by atoms with Gasteiger partial charge in [0.2, 0.25) is 0 Å². The van der Waals surface area contributed by atoms with Gasteiger partial charge in [0.25, 0.3) is 0 Å². The van der Waals surface area contributed by atoms with Gasteiger partial charge in [-0.05, 0) is 61.0 Å². The Morgan fingerprint density at radius 3 is 1.73 bits per heavy atom. The Morgan fingerprint density at radius 1 is 0.350 bits per heavy atom. The van der Waals surface area contributed by atoms with Gasteiger partial charge in [-0.2, -0.15) is 0 Å². The number of pyridine rings is 1. The van der Waals surface area contributed by atoms with E-state index in [1.54, 1.807) is 0 Å². The van der Waals surface area contributed by atoms with Crippen molar-refractivity contribution in [1.82, 2.24) is 4.98 Å². The second-order valence-corrected chi connectivity index (χ2v) is 10.3. The molecule has 0 spiro atoms. The van der Waals surface area contributed by atoms with Gasteiger partial charge in [0, 0.05) is 22.4 Å². The molecule has 40 heavy (non-hydrogen) atoms. The van der Waals surface area contributed by atoms with Gasteiger partial charge < -0.3 is 0 Å². The van der Waals surface area contributed by atoms with Gasteiger partial charge >= 0.3 is 0 Å². The van der Waals surface area contributed by atoms with Crippen LogP contribution in [0.2, 0.25) is 0 Å². The maximum Gasteiger partial charge on any atom is 0.0708 e. The zero-order valence-electron chi connectivity index (χ0n) is 21.9. The van der Waals surface area contributed by atoms with E-state index in [0.717, 1.165) is 5.52 Å². The van der Waals surface area contributed by atoms with E-state index in [4.69, 9.17) is 4.98 Å². The normalized spacial score (nSPS) is 11.5. The number of hydrogen-bond acceptors (Lipinski definition) is 1. The second kappa shape index (κ2) is 9.18. The van der Waals surface area contributed by atoms with Crippen LogP contribution in [0.1, 0.15) is 0 Å². The van der Waals surface area contributed by atoms with Crippen molar-refractivity contribution < 1.29 is 0 Å². The topological polar surface area (TPSA) is 12.9 Å². The number of benzene rings is 7. The van der Waals surface area contributed by atoms with Crippen LogP contribution in [0.3, 0.4) is 0 Å². The lowest BCUT2D eigenvalue weighted by Crippen LogP contribution is -1.93. The lowest BCUT2D eigenvalue weighted by Gasteiger charge is -2.19. The third-order valence-electron chi connectivity index (χ3n) is 8.10. The van der Waals surface area contributed by atoms with Crippen molar-refractivity contribution in [1.29, 1.82) is 0 Å². The van der Waals surface area contributed by atoms with Crippen molar-refractivity contribution in [3.05, 3.63) is 152 Å². The van der Waals surface area contributed by atoms with E-state index in [1.165, 1.54) is 71.1 Å². The summed E-state index contributed by atoms with van der Waals surface area (Å²) in [4.78, 5) is 4.94. The van der Waals surface area contributed by atoms with Crippen LogP contribution >= 0.6 is 0 Å². The summed E-state index contributed by atoms with van der Waals surface area (Å²) >= 11 is 0. The molecule has 8 rings (SSSR count). The van der Waals surface area contributed by atoms with Crippen molar-refractivity contribution in [3.63, 3.8) is 0 Å². The minimum Gasteiger partial charge on any atom is -0.256 e. The first-order valence-electron chi connectivity index (χ1n) is 13.7. The molecule has 0 bridgehead atoms. The molecule has 0 amide bonds. The molecule has 0 unspecified atom stereocenters. The molecule has 0 atom stereocenters. The minimum atomic E-state index is 1.01. The molecule has 0 aliphatic carbocycles. The van der Waals surface area contributed by atoms with Gasteiger partial charge in [0.15, 0.2) is 0 Å². The average Bonchev–Trinajstić information content (AvgIpc) is 3.04. The van der Waals surface area contributed by atoms with Gasteiger partial charge in [-0.25, -0.2) is 0 Å². The van der Waals surface area contributed by atoms with E-state index in [2.05, 4.69) is 152 Å². The lowest BCUT2D eigenvalue weighted by molar-refractivity contribution is 1.45. The van der Waals surface area contributed by atoms with Gasteiger partial charge in [-0.3, -0.25) is 4.98 Å². The summed E-state index contributed by atoms with van der Waals surface area (Å²) < 4.78 is 0. The fourth-order valence-corrected chi connectivity index (χ4v) is 6.31. The standard InChI is InChI=1S/C39H25N/c1-2-12-28(13-3-1)38-33-17-7-6-16-32(33)37(35-25-40-36-20-9-8-18-34(36)39(35)38)29-23-21-27(22-24-29)31-19-10-14-26-11-4-5-15-30(26)31/h1-25H. The van der Waals surface area contributed by atoms with Crippen LogP contribution in [0.15, 0.2) is 152 Å². The van der Waals surface area contributed by atoms with Crippen molar-refractivity contribution in [2.24, 2.45) is 0 Å². The fourth-order valence-electron chi connectivity index (χ4n) is 6.31. The van der Waals surface area contributed by atoms with Crippen molar-refractivity contribution in [2.75, 3.05) is 0 Å². The van der Waals surface area contributed by atoms with Crippen LogP contribution in [0.25, 0.3) is 76.6 Å². The molecule has 0 aliphatic rings. The Kier molecular flexibility index (Phi) is 5.21. The summed E-state index contributed by atoms with van der Waals surface area (Å²) in [7, 11) is 0. The fraction of sp³-hybridized carbons (Fsp3) is 0. The highest BCUT2D eigenvalue weighted by Gasteiger charge is 2.19. The van der Waals surface area contributed by atoms with E-state index in [0.29, 0.717) is 0 Å².